The molecule has 0 atom stereocenters. The Balaban J connectivity index is 0.00000240. The Morgan fingerprint density at radius 3 is 2.90 bits per heavy atom. The predicted molar refractivity (Wildman–Crippen MR) is 116 cm³/mol. The quantitative estimate of drug-likeness (QED) is 0.566. The lowest BCUT2D eigenvalue weighted by Gasteiger charge is -2.27. The summed E-state index contributed by atoms with van der Waals surface area (Å²) in [5.41, 5.74) is 2.12. The molecule has 1 aliphatic heterocycles. The topological polar surface area (TPSA) is 76.4 Å². The molecule has 156 valence electrons. The number of amides is 1. The van der Waals surface area contributed by atoms with E-state index in [0.717, 1.165) is 54.6 Å². The molecule has 1 amide bonds. The zero-order chi connectivity index (χ0) is 19.3. The Labute approximate surface area is 179 Å². The fourth-order valence-electron chi connectivity index (χ4n) is 3.28. The lowest BCUT2D eigenvalue weighted by molar-refractivity contribution is -0.119. The second-order valence-electron chi connectivity index (χ2n) is 6.91. The molecule has 1 fully saturated rings. The molecule has 0 radical (unpaired) electrons. The first-order valence-electron chi connectivity index (χ1n) is 9.49. The van der Waals surface area contributed by atoms with Crippen LogP contribution in [0.1, 0.15) is 12.0 Å². The number of thiazole rings is 1. The summed E-state index contributed by atoms with van der Waals surface area (Å²) in [4.78, 5) is 25.8. The Morgan fingerprint density at radius 2 is 2.14 bits per heavy atom. The van der Waals surface area contributed by atoms with E-state index in [0.29, 0.717) is 6.54 Å². The van der Waals surface area contributed by atoms with E-state index in [1.165, 1.54) is 11.9 Å². The molecule has 8 nitrogen and oxygen atoms in total. The molecular weight excluding hydrogens is 412 g/mol. The minimum absolute atomic E-state index is 0. The standard InChI is InChI=1S/C19H24N6O2S.ClH/c1-15-3-4-16-17(11-15)28-19(22-16)25(18(26)12-24-14-20-13-21-24)6-2-5-23-7-9-27-10-8-23;/h3-4,11,13-14H,2,5-10,12H2,1H3;1H. The average Bonchev–Trinajstić information content (AvgIpc) is 3.35. The summed E-state index contributed by atoms with van der Waals surface area (Å²) < 4.78 is 8.06. The van der Waals surface area contributed by atoms with Gasteiger partial charge in [0.2, 0.25) is 0 Å². The zero-order valence-corrected chi connectivity index (χ0v) is 18.0. The predicted octanol–water partition coefficient (Wildman–Crippen LogP) is 2.37. The summed E-state index contributed by atoms with van der Waals surface area (Å²) in [6.45, 7) is 7.27. The maximum Gasteiger partial charge on any atom is 0.250 e. The lowest BCUT2D eigenvalue weighted by atomic mass is 10.2. The molecule has 1 saturated heterocycles. The van der Waals surface area contributed by atoms with E-state index < -0.39 is 0 Å². The maximum absolute atomic E-state index is 13.0. The van der Waals surface area contributed by atoms with E-state index in [9.17, 15) is 4.79 Å². The van der Waals surface area contributed by atoms with Gasteiger partial charge < -0.3 is 4.74 Å². The Hall–Kier alpha value is -2.07. The summed E-state index contributed by atoms with van der Waals surface area (Å²) in [6.07, 6.45) is 3.89. The van der Waals surface area contributed by atoms with Crippen LogP contribution >= 0.6 is 23.7 Å². The van der Waals surface area contributed by atoms with Gasteiger partial charge in [-0.25, -0.2) is 14.6 Å². The molecule has 1 aliphatic rings. The Bertz CT molecular complexity index is 926. The number of rotatable bonds is 7. The van der Waals surface area contributed by atoms with Crippen LogP contribution < -0.4 is 4.90 Å². The number of anilines is 1. The summed E-state index contributed by atoms with van der Waals surface area (Å²) in [7, 11) is 0. The zero-order valence-electron chi connectivity index (χ0n) is 16.4. The van der Waals surface area contributed by atoms with Crippen LogP contribution in [-0.4, -0.2) is 69.9 Å². The molecule has 0 N–H and O–H groups in total. The number of ether oxygens (including phenoxy) is 1. The Morgan fingerprint density at radius 1 is 1.31 bits per heavy atom. The van der Waals surface area contributed by atoms with Gasteiger partial charge in [-0.3, -0.25) is 14.6 Å². The van der Waals surface area contributed by atoms with Crippen LogP contribution in [0.2, 0.25) is 0 Å². The Kier molecular flexibility index (Phi) is 7.54. The van der Waals surface area contributed by atoms with E-state index >= 15 is 0 Å². The van der Waals surface area contributed by atoms with E-state index in [2.05, 4.69) is 28.0 Å². The van der Waals surface area contributed by atoms with E-state index in [4.69, 9.17) is 9.72 Å². The van der Waals surface area contributed by atoms with Gasteiger partial charge in [0.05, 0.1) is 23.4 Å². The van der Waals surface area contributed by atoms with Gasteiger partial charge in [-0.15, -0.1) is 12.4 Å². The second kappa shape index (κ2) is 10.1. The van der Waals surface area contributed by atoms with Crippen molar-refractivity contribution in [2.45, 2.75) is 19.9 Å². The van der Waals surface area contributed by atoms with Crippen molar-refractivity contribution in [3.63, 3.8) is 0 Å². The molecule has 1 aromatic carbocycles. The van der Waals surface area contributed by atoms with Gasteiger partial charge in [-0.1, -0.05) is 17.4 Å². The number of benzene rings is 1. The fourth-order valence-corrected chi connectivity index (χ4v) is 4.38. The minimum Gasteiger partial charge on any atom is -0.379 e. The van der Waals surface area contributed by atoms with Crippen molar-refractivity contribution in [3.8, 4) is 0 Å². The van der Waals surface area contributed by atoms with Crippen molar-refractivity contribution in [2.24, 2.45) is 0 Å². The molecule has 2 aromatic heterocycles. The van der Waals surface area contributed by atoms with E-state index in [-0.39, 0.29) is 24.9 Å². The van der Waals surface area contributed by atoms with Gasteiger partial charge in [0, 0.05) is 26.2 Å². The number of aromatic nitrogens is 4. The third-order valence-corrected chi connectivity index (χ3v) is 5.83. The molecule has 0 spiro atoms. The van der Waals surface area contributed by atoms with Crippen molar-refractivity contribution in [2.75, 3.05) is 44.3 Å². The molecule has 29 heavy (non-hydrogen) atoms. The number of aryl methyl sites for hydroxylation is 1. The molecule has 4 rings (SSSR count). The number of nitrogens with zero attached hydrogens (tertiary/aromatic N) is 6. The number of hydrogen-bond acceptors (Lipinski definition) is 7. The highest BCUT2D eigenvalue weighted by atomic mass is 35.5. The summed E-state index contributed by atoms with van der Waals surface area (Å²) in [6, 6.07) is 6.18. The van der Waals surface area contributed by atoms with Crippen molar-refractivity contribution >= 4 is 45.0 Å². The smallest absolute Gasteiger partial charge is 0.250 e. The van der Waals surface area contributed by atoms with Crippen LogP contribution in [0.4, 0.5) is 5.13 Å². The summed E-state index contributed by atoms with van der Waals surface area (Å²) >= 11 is 1.56. The molecule has 0 bridgehead atoms. The molecule has 0 unspecified atom stereocenters. The third-order valence-electron chi connectivity index (χ3n) is 4.79. The minimum atomic E-state index is -0.0248. The van der Waals surface area contributed by atoms with Crippen LogP contribution in [0, 0.1) is 6.92 Å². The molecule has 0 aliphatic carbocycles. The molecular formula is C19H25ClN6O2S. The van der Waals surface area contributed by atoms with E-state index in [1.54, 1.807) is 27.2 Å². The SMILES string of the molecule is Cc1ccc2nc(N(CCCN3CCOCC3)C(=O)Cn3cncn3)sc2c1.Cl. The highest BCUT2D eigenvalue weighted by Crippen LogP contribution is 2.30. The maximum atomic E-state index is 13.0. The van der Waals surface area contributed by atoms with Gasteiger partial charge in [0.1, 0.15) is 19.2 Å². The van der Waals surface area contributed by atoms with Crippen molar-refractivity contribution in [3.05, 3.63) is 36.4 Å². The average molecular weight is 437 g/mol. The van der Waals surface area contributed by atoms with Crippen molar-refractivity contribution < 1.29 is 9.53 Å². The summed E-state index contributed by atoms with van der Waals surface area (Å²) in [5, 5.41) is 4.80. The van der Waals surface area contributed by atoms with Crippen LogP contribution in [0.15, 0.2) is 30.9 Å². The van der Waals surface area contributed by atoms with Crippen LogP contribution in [-0.2, 0) is 16.1 Å². The molecule has 10 heteroatoms. The monoisotopic (exact) mass is 436 g/mol. The first-order chi connectivity index (χ1) is 13.7. The van der Waals surface area contributed by atoms with E-state index in [1.807, 2.05) is 12.1 Å². The second-order valence-corrected chi connectivity index (χ2v) is 7.92. The normalized spacial score (nSPS) is 14.7. The number of morpholine rings is 1. The van der Waals surface area contributed by atoms with Gasteiger partial charge >= 0.3 is 0 Å². The first kappa shape index (κ1) is 21.6. The fraction of sp³-hybridized carbons (Fsp3) is 0.474. The van der Waals surface area contributed by atoms with Crippen molar-refractivity contribution in [1.82, 2.24) is 24.6 Å². The van der Waals surface area contributed by atoms with Gasteiger partial charge in [0.25, 0.3) is 5.91 Å². The van der Waals surface area contributed by atoms with Crippen molar-refractivity contribution in [1.29, 1.82) is 0 Å². The first-order valence-corrected chi connectivity index (χ1v) is 10.3. The van der Waals surface area contributed by atoms with Crippen LogP contribution in [0.3, 0.4) is 0 Å². The van der Waals surface area contributed by atoms with Crippen LogP contribution in [0.25, 0.3) is 10.2 Å². The summed E-state index contributed by atoms with van der Waals surface area (Å²) in [5.74, 6) is -0.0248. The molecule has 0 saturated carbocycles. The number of hydrogen-bond donors (Lipinski definition) is 0. The molecule has 3 aromatic rings. The lowest BCUT2D eigenvalue weighted by Crippen LogP contribution is -2.40. The van der Waals surface area contributed by atoms with Crippen LogP contribution in [0.5, 0.6) is 0 Å². The number of fused-ring (bicyclic) bond motifs is 1. The highest BCUT2D eigenvalue weighted by molar-refractivity contribution is 7.22. The number of carbonyl (C=O) groups is 1. The molecule has 3 heterocycles. The van der Waals surface area contributed by atoms with Gasteiger partial charge in [-0.05, 0) is 31.0 Å². The number of carbonyl (C=O) groups excluding carboxylic acids is 1. The number of halogens is 1. The highest BCUT2D eigenvalue weighted by Gasteiger charge is 2.21. The largest absolute Gasteiger partial charge is 0.379 e. The van der Waals surface area contributed by atoms with Gasteiger partial charge in [-0.2, -0.15) is 5.10 Å². The third kappa shape index (κ3) is 5.51. The van der Waals surface area contributed by atoms with Gasteiger partial charge in [0.15, 0.2) is 5.13 Å².